The summed E-state index contributed by atoms with van der Waals surface area (Å²) in [5.74, 6) is 0. The minimum atomic E-state index is -0.452. The number of nitrogens with zero attached hydrogens (tertiary/aromatic N) is 1. The number of thiocarbonyl (C=S) groups is 1. The van der Waals surface area contributed by atoms with Crippen LogP contribution in [0.3, 0.4) is 0 Å². The molecule has 1 fully saturated rings. The zero-order valence-corrected chi connectivity index (χ0v) is 10.5. The molecule has 0 aromatic heterocycles. The van der Waals surface area contributed by atoms with E-state index in [1.165, 1.54) is 0 Å². The summed E-state index contributed by atoms with van der Waals surface area (Å²) in [5, 5.41) is 3.11. The van der Waals surface area contributed by atoms with Crippen LogP contribution in [0.2, 0.25) is 0 Å². The van der Waals surface area contributed by atoms with Gasteiger partial charge in [-0.25, -0.2) is 4.79 Å². The van der Waals surface area contributed by atoms with Gasteiger partial charge in [-0.05, 0) is 27.7 Å². The van der Waals surface area contributed by atoms with Crippen molar-refractivity contribution in [3.8, 4) is 0 Å². The number of carbonyl (C=O) groups excluding carboxylic acids is 1. The molecule has 0 unspecified atom stereocenters. The maximum atomic E-state index is 11.7. The monoisotopic (exact) mass is 230 g/mol. The van der Waals surface area contributed by atoms with Crippen LogP contribution in [-0.2, 0) is 4.74 Å². The van der Waals surface area contributed by atoms with Crippen molar-refractivity contribution in [3.63, 3.8) is 0 Å². The van der Waals surface area contributed by atoms with Crippen LogP contribution in [0.15, 0.2) is 0 Å². The lowest BCUT2D eigenvalue weighted by molar-refractivity contribution is 0.0254. The van der Waals surface area contributed by atoms with Crippen molar-refractivity contribution in [2.75, 3.05) is 13.1 Å². The van der Waals surface area contributed by atoms with Gasteiger partial charge in [-0.3, -0.25) is 4.90 Å². The van der Waals surface area contributed by atoms with E-state index >= 15 is 0 Å². The zero-order chi connectivity index (χ0) is 11.6. The highest BCUT2D eigenvalue weighted by Crippen LogP contribution is 2.11. The van der Waals surface area contributed by atoms with Gasteiger partial charge in [0, 0.05) is 12.6 Å². The second-order valence-corrected chi connectivity index (χ2v) is 5.32. The zero-order valence-electron chi connectivity index (χ0n) is 9.66. The van der Waals surface area contributed by atoms with Crippen molar-refractivity contribution < 1.29 is 9.53 Å². The molecule has 4 nitrogen and oxygen atoms in total. The SMILES string of the molecule is C[C@H]1CN(C(=O)OC(C)(C)C)CC(=S)N1. The average molecular weight is 230 g/mol. The van der Waals surface area contributed by atoms with Crippen LogP contribution in [-0.4, -0.2) is 40.7 Å². The lowest BCUT2D eigenvalue weighted by Crippen LogP contribution is -2.54. The van der Waals surface area contributed by atoms with E-state index in [4.69, 9.17) is 17.0 Å². The topological polar surface area (TPSA) is 41.6 Å². The largest absolute Gasteiger partial charge is 0.444 e. The Morgan fingerprint density at radius 1 is 1.60 bits per heavy atom. The first-order chi connectivity index (χ1) is 6.78. The van der Waals surface area contributed by atoms with Crippen LogP contribution in [0.4, 0.5) is 4.79 Å². The molecule has 1 amide bonds. The summed E-state index contributed by atoms with van der Waals surface area (Å²) in [6, 6.07) is 0.193. The van der Waals surface area contributed by atoms with Gasteiger partial charge in [0.1, 0.15) is 5.60 Å². The maximum Gasteiger partial charge on any atom is 0.410 e. The molecule has 15 heavy (non-hydrogen) atoms. The number of ether oxygens (including phenoxy) is 1. The van der Waals surface area contributed by atoms with Crippen LogP contribution in [0.5, 0.6) is 0 Å². The number of hydrogen-bond donors (Lipinski definition) is 1. The summed E-state index contributed by atoms with van der Waals surface area (Å²) in [4.78, 5) is 14.0. The normalized spacial score (nSPS) is 22.3. The van der Waals surface area contributed by atoms with Crippen LogP contribution in [0.25, 0.3) is 0 Å². The highest BCUT2D eigenvalue weighted by Gasteiger charge is 2.27. The minimum Gasteiger partial charge on any atom is -0.444 e. The van der Waals surface area contributed by atoms with E-state index in [9.17, 15) is 4.79 Å². The van der Waals surface area contributed by atoms with Crippen molar-refractivity contribution >= 4 is 23.3 Å². The number of carbonyl (C=O) groups is 1. The Kier molecular flexibility index (Phi) is 3.54. The lowest BCUT2D eigenvalue weighted by atomic mass is 10.2. The smallest absolute Gasteiger partial charge is 0.410 e. The van der Waals surface area contributed by atoms with E-state index in [2.05, 4.69) is 5.32 Å². The summed E-state index contributed by atoms with van der Waals surface area (Å²) in [7, 11) is 0. The average Bonchev–Trinajstić information content (AvgIpc) is 1.98. The summed E-state index contributed by atoms with van der Waals surface area (Å²) < 4.78 is 5.27. The molecule has 0 radical (unpaired) electrons. The fourth-order valence-corrected chi connectivity index (χ4v) is 1.76. The first kappa shape index (κ1) is 12.2. The van der Waals surface area contributed by atoms with E-state index in [-0.39, 0.29) is 12.1 Å². The third-order valence-corrected chi connectivity index (χ3v) is 2.13. The van der Waals surface area contributed by atoms with E-state index < -0.39 is 5.60 Å². The van der Waals surface area contributed by atoms with Gasteiger partial charge in [0.25, 0.3) is 0 Å². The maximum absolute atomic E-state index is 11.7. The van der Waals surface area contributed by atoms with E-state index in [0.29, 0.717) is 18.1 Å². The molecular formula is C10H18N2O2S. The Morgan fingerprint density at radius 3 is 2.67 bits per heavy atom. The van der Waals surface area contributed by atoms with Crippen LogP contribution in [0.1, 0.15) is 27.7 Å². The number of piperazine rings is 1. The van der Waals surface area contributed by atoms with Crippen LogP contribution in [0, 0.1) is 0 Å². The second-order valence-electron chi connectivity index (χ2n) is 4.83. The molecule has 1 aliphatic heterocycles. The van der Waals surface area contributed by atoms with Crippen molar-refractivity contribution in [1.29, 1.82) is 0 Å². The van der Waals surface area contributed by atoms with Crippen molar-refractivity contribution in [1.82, 2.24) is 10.2 Å². The Morgan fingerprint density at radius 2 is 2.20 bits per heavy atom. The predicted molar refractivity (Wildman–Crippen MR) is 63.0 cm³/mol. The molecule has 1 saturated heterocycles. The highest BCUT2D eigenvalue weighted by atomic mass is 32.1. The summed E-state index contributed by atoms with van der Waals surface area (Å²) in [6.45, 7) is 8.64. The number of rotatable bonds is 0. The Hall–Kier alpha value is -0.840. The molecule has 0 aromatic rings. The Bertz CT molecular complexity index is 273. The summed E-state index contributed by atoms with van der Waals surface area (Å²) >= 11 is 5.06. The molecule has 1 aliphatic rings. The molecule has 0 aliphatic carbocycles. The second kappa shape index (κ2) is 4.35. The van der Waals surface area contributed by atoms with Gasteiger partial charge in [-0.2, -0.15) is 0 Å². The van der Waals surface area contributed by atoms with E-state index in [1.54, 1.807) is 4.90 Å². The molecule has 0 aromatic carbocycles. The van der Waals surface area contributed by atoms with Gasteiger partial charge < -0.3 is 10.1 Å². The van der Waals surface area contributed by atoms with Crippen molar-refractivity contribution in [2.24, 2.45) is 0 Å². The Balaban J connectivity index is 2.56. The standard InChI is InChI=1S/C10H18N2O2S/c1-7-5-12(6-8(15)11-7)9(13)14-10(2,3)4/h7H,5-6H2,1-4H3,(H,11,15)/t7-/m0/s1. The predicted octanol–water partition coefficient (Wildman–Crippen LogP) is 1.54. The van der Waals surface area contributed by atoms with Crippen molar-refractivity contribution in [2.45, 2.75) is 39.3 Å². The molecule has 0 bridgehead atoms. The van der Waals surface area contributed by atoms with Gasteiger partial charge in [0.15, 0.2) is 0 Å². The van der Waals surface area contributed by atoms with E-state index in [0.717, 1.165) is 0 Å². The molecule has 5 heteroatoms. The van der Waals surface area contributed by atoms with Crippen LogP contribution >= 0.6 is 12.2 Å². The lowest BCUT2D eigenvalue weighted by Gasteiger charge is -2.34. The molecule has 1 rings (SSSR count). The van der Waals surface area contributed by atoms with Gasteiger partial charge in [0.2, 0.25) is 0 Å². The number of nitrogens with one attached hydrogen (secondary N) is 1. The first-order valence-electron chi connectivity index (χ1n) is 5.05. The molecule has 1 atom stereocenters. The fraction of sp³-hybridized carbons (Fsp3) is 0.800. The minimum absolute atomic E-state index is 0.193. The summed E-state index contributed by atoms with van der Waals surface area (Å²) in [5.41, 5.74) is -0.452. The Labute approximate surface area is 96.0 Å². The number of hydrogen-bond acceptors (Lipinski definition) is 3. The van der Waals surface area contributed by atoms with E-state index in [1.807, 2.05) is 27.7 Å². The number of amides is 1. The highest BCUT2D eigenvalue weighted by molar-refractivity contribution is 7.80. The van der Waals surface area contributed by atoms with Gasteiger partial charge in [0.05, 0.1) is 11.5 Å². The van der Waals surface area contributed by atoms with Crippen LogP contribution < -0.4 is 5.32 Å². The van der Waals surface area contributed by atoms with Gasteiger partial charge in [-0.1, -0.05) is 12.2 Å². The first-order valence-corrected chi connectivity index (χ1v) is 5.46. The molecule has 1 heterocycles. The summed E-state index contributed by atoms with van der Waals surface area (Å²) in [6.07, 6.45) is -0.293. The third-order valence-electron chi connectivity index (χ3n) is 1.89. The molecular weight excluding hydrogens is 212 g/mol. The molecule has 1 N–H and O–H groups in total. The van der Waals surface area contributed by atoms with Crippen molar-refractivity contribution in [3.05, 3.63) is 0 Å². The third kappa shape index (κ3) is 4.03. The van der Waals surface area contributed by atoms with Gasteiger partial charge >= 0.3 is 6.09 Å². The molecule has 0 saturated carbocycles. The van der Waals surface area contributed by atoms with Gasteiger partial charge in [-0.15, -0.1) is 0 Å². The molecule has 86 valence electrons. The molecule has 0 spiro atoms. The fourth-order valence-electron chi connectivity index (χ4n) is 1.40. The quantitative estimate of drug-likeness (QED) is 0.641.